The highest BCUT2D eigenvalue weighted by molar-refractivity contribution is 5.95. The molecule has 1 saturated heterocycles. The Morgan fingerprint density at radius 2 is 2.03 bits per heavy atom. The van der Waals surface area contributed by atoms with Crippen molar-refractivity contribution in [3.63, 3.8) is 0 Å². The van der Waals surface area contributed by atoms with Crippen molar-refractivity contribution in [3.05, 3.63) is 41.0 Å². The molecule has 1 unspecified atom stereocenters. The Morgan fingerprint density at radius 1 is 1.17 bits per heavy atom. The Bertz CT molecular complexity index is 756. The lowest BCUT2D eigenvalue weighted by atomic mass is 9.97. The van der Waals surface area contributed by atoms with Gasteiger partial charge in [-0.15, -0.1) is 0 Å². The summed E-state index contributed by atoms with van der Waals surface area (Å²) in [5.74, 6) is 0.115. The second kappa shape index (κ2) is 10.5. The van der Waals surface area contributed by atoms with Crippen LogP contribution >= 0.6 is 0 Å². The lowest BCUT2D eigenvalue weighted by Gasteiger charge is -2.33. The number of nitrogens with zero attached hydrogens (tertiary/aromatic N) is 1. The van der Waals surface area contributed by atoms with Gasteiger partial charge in [-0.3, -0.25) is 9.59 Å². The average Bonchev–Trinajstić information content (AvgIpc) is 2.73. The van der Waals surface area contributed by atoms with E-state index in [1.165, 1.54) is 37.7 Å². The van der Waals surface area contributed by atoms with Crippen molar-refractivity contribution in [2.24, 2.45) is 0 Å². The fourth-order valence-electron chi connectivity index (χ4n) is 4.29. The van der Waals surface area contributed by atoms with Gasteiger partial charge in [0.15, 0.2) is 0 Å². The number of amides is 2. The van der Waals surface area contributed by atoms with E-state index in [2.05, 4.69) is 23.6 Å². The van der Waals surface area contributed by atoms with Gasteiger partial charge in [0, 0.05) is 30.4 Å². The molecule has 0 aromatic heterocycles. The zero-order chi connectivity index (χ0) is 20.6. The van der Waals surface area contributed by atoms with Crippen molar-refractivity contribution in [1.29, 1.82) is 0 Å². The minimum atomic E-state index is 0.00287. The van der Waals surface area contributed by atoms with Gasteiger partial charge in [-0.25, -0.2) is 0 Å². The lowest BCUT2D eigenvalue weighted by molar-refractivity contribution is -0.119. The number of piperidine rings is 1. The highest BCUT2D eigenvalue weighted by Gasteiger charge is 2.24. The van der Waals surface area contributed by atoms with E-state index in [0.29, 0.717) is 12.6 Å². The summed E-state index contributed by atoms with van der Waals surface area (Å²) in [5.41, 5.74) is 4.09. The van der Waals surface area contributed by atoms with Gasteiger partial charge >= 0.3 is 0 Å². The fraction of sp³-hybridized carbons (Fsp3) is 0.583. The minimum absolute atomic E-state index is 0.00287. The van der Waals surface area contributed by atoms with E-state index in [0.717, 1.165) is 42.6 Å². The highest BCUT2D eigenvalue weighted by Crippen LogP contribution is 2.22. The number of rotatable bonds is 7. The van der Waals surface area contributed by atoms with Gasteiger partial charge in [0.2, 0.25) is 5.91 Å². The molecule has 5 heteroatoms. The van der Waals surface area contributed by atoms with Crippen molar-refractivity contribution in [1.82, 2.24) is 10.2 Å². The maximum atomic E-state index is 12.8. The van der Waals surface area contributed by atoms with Crippen LogP contribution in [0.4, 0.5) is 5.69 Å². The standard InChI is InChI=1S/C24H35N3O2/c1-18-16-21(24(29)27-15-7-6-8-19(27)2)11-12-22(18)26-17-23(28)25-14-13-20-9-4-3-5-10-20/h9,11-12,16,19,26H,3-8,10,13-15,17H2,1-2H3,(H,25,28). The summed E-state index contributed by atoms with van der Waals surface area (Å²) in [6.07, 6.45) is 11.6. The molecule has 5 nitrogen and oxygen atoms in total. The minimum Gasteiger partial charge on any atom is -0.376 e. The molecule has 1 aromatic carbocycles. The monoisotopic (exact) mass is 397 g/mol. The van der Waals surface area contributed by atoms with Crippen LogP contribution in [0.15, 0.2) is 29.8 Å². The van der Waals surface area contributed by atoms with Gasteiger partial charge in [-0.05, 0) is 89.0 Å². The van der Waals surface area contributed by atoms with Crippen LogP contribution in [0.1, 0.15) is 74.2 Å². The number of carbonyl (C=O) groups excluding carboxylic acids is 2. The molecule has 1 fully saturated rings. The first-order valence-corrected chi connectivity index (χ1v) is 11.1. The number of likely N-dealkylation sites (tertiary alicyclic amines) is 1. The van der Waals surface area contributed by atoms with Crippen molar-refractivity contribution in [3.8, 4) is 0 Å². The third kappa shape index (κ3) is 6.09. The van der Waals surface area contributed by atoms with Gasteiger partial charge in [0.25, 0.3) is 5.91 Å². The number of allylic oxidation sites excluding steroid dienone is 1. The maximum Gasteiger partial charge on any atom is 0.254 e. The van der Waals surface area contributed by atoms with Crippen LogP contribution in [0.25, 0.3) is 0 Å². The molecule has 0 spiro atoms. The second-order valence-corrected chi connectivity index (χ2v) is 8.43. The van der Waals surface area contributed by atoms with Crippen LogP contribution in [0.5, 0.6) is 0 Å². The molecule has 0 saturated carbocycles. The second-order valence-electron chi connectivity index (χ2n) is 8.43. The maximum absolute atomic E-state index is 12.8. The average molecular weight is 398 g/mol. The molecule has 1 aromatic rings. The zero-order valence-electron chi connectivity index (χ0n) is 17.9. The molecule has 29 heavy (non-hydrogen) atoms. The lowest BCUT2D eigenvalue weighted by Crippen LogP contribution is -2.42. The molecule has 1 heterocycles. The van der Waals surface area contributed by atoms with Crippen LogP contribution in [0, 0.1) is 6.92 Å². The van der Waals surface area contributed by atoms with Crippen LogP contribution in [0.2, 0.25) is 0 Å². The number of benzene rings is 1. The van der Waals surface area contributed by atoms with Gasteiger partial charge in [0.05, 0.1) is 6.54 Å². The summed E-state index contributed by atoms with van der Waals surface area (Å²) < 4.78 is 0. The number of hydrogen-bond acceptors (Lipinski definition) is 3. The Labute approximate surface area is 174 Å². The largest absolute Gasteiger partial charge is 0.376 e. The van der Waals surface area contributed by atoms with Gasteiger partial charge in [0.1, 0.15) is 0 Å². The SMILES string of the molecule is Cc1cc(C(=O)N2CCCCC2C)ccc1NCC(=O)NCCC1=CCCCC1. The Hall–Kier alpha value is -2.30. The smallest absolute Gasteiger partial charge is 0.254 e. The molecule has 1 aliphatic heterocycles. The van der Waals surface area contributed by atoms with Crippen LogP contribution in [0.3, 0.4) is 0 Å². The third-order valence-corrected chi connectivity index (χ3v) is 6.13. The normalized spacial score (nSPS) is 19.4. The molecule has 2 N–H and O–H groups in total. The zero-order valence-corrected chi connectivity index (χ0v) is 17.9. The summed E-state index contributed by atoms with van der Waals surface area (Å²) in [4.78, 5) is 26.9. The quantitative estimate of drug-likeness (QED) is 0.669. The van der Waals surface area contributed by atoms with E-state index in [-0.39, 0.29) is 18.4 Å². The van der Waals surface area contributed by atoms with Gasteiger partial charge in [-0.2, -0.15) is 0 Å². The van der Waals surface area contributed by atoms with Crippen molar-refractivity contribution in [2.45, 2.75) is 71.3 Å². The van der Waals surface area contributed by atoms with Crippen molar-refractivity contribution < 1.29 is 9.59 Å². The molecule has 0 bridgehead atoms. The summed E-state index contributed by atoms with van der Waals surface area (Å²) in [7, 11) is 0. The molecule has 0 radical (unpaired) electrons. The molecule has 2 aliphatic rings. The van der Waals surface area contributed by atoms with Crippen LogP contribution < -0.4 is 10.6 Å². The molecule has 1 aliphatic carbocycles. The summed E-state index contributed by atoms with van der Waals surface area (Å²) in [6.45, 7) is 5.90. The number of hydrogen-bond donors (Lipinski definition) is 2. The Balaban J connectivity index is 1.46. The number of aryl methyl sites for hydroxylation is 1. The molecule has 2 amide bonds. The molecule has 3 rings (SSSR count). The van der Waals surface area contributed by atoms with Crippen molar-refractivity contribution >= 4 is 17.5 Å². The van der Waals surface area contributed by atoms with Gasteiger partial charge < -0.3 is 15.5 Å². The summed E-state index contributed by atoms with van der Waals surface area (Å²) in [5, 5.41) is 6.20. The number of nitrogens with one attached hydrogen (secondary N) is 2. The molecule has 1 atom stereocenters. The number of carbonyl (C=O) groups is 2. The van der Waals surface area contributed by atoms with E-state index >= 15 is 0 Å². The molecular weight excluding hydrogens is 362 g/mol. The molecular formula is C24H35N3O2. The summed E-state index contributed by atoms with van der Waals surface area (Å²) in [6, 6.07) is 6.02. The van der Waals surface area contributed by atoms with E-state index in [1.807, 2.05) is 30.0 Å². The molecule has 158 valence electrons. The first-order valence-electron chi connectivity index (χ1n) is 11.1. The van der Waals surface area contributed by atoms with Crippen LogP contribution in [-0.4, -0.2) is 42.4 Å². The predicted molar refractivity (Wildman–Crippen MR) is 118 cm³/mol. The Morgan fingerprint density at radius 3 is 2.76 bits per heavy atom. The highest BCUT2D eigenvalue weighted by atomic mass is 16.2. The predicted octanol–water partition coefficient (Wildman–Crippen LogP) is 4.43. The fourth-order valence-corrected chi connectivity index (χ4v) is 4.29. The van der Waals surface area contributed by atoms with Gasteiger partial charge in [-0.1, -0.05) is 11.6 Å². The third-order valence-electron chi connectivity index (χ3n) is 6.13. The van der Waals surface area contributed by atoms with Crippen molar-refractivity contribution in [2.75, 3.05) is 25.0 Å². The first-order chi connectivity index (χ1) is 14.0. The first kappa shape index (κ1) is 21.4. The summed E-state index contributed by atoms with van der Waals surface area (Å²) >= 11 is 0. The van der Waals surface area contributed by atoms with Crippen LogP contribution in [-0.2, 0) is 4.79 Å². The number of anilines is 1. The Kier molecular flexibility index (Phi) is 7.73. The topological polar surface area (TPSA) is 61.4 Å². The van der Waals surface area contributed by atoms with E-state index < -0.39 is 0 Å². The van der Waals surface area contributed by atoms with E-state index in [4.69, 9.17) is 0 Å². The van der Waals surface area contributed by atoms with E-state index in [1.54, 1.807) is 0 Å². The van der Waals surface area contributed by atoms with E-state index in [9.17, 15) is 9.59 Å².